The summed E-state index contributed by atoms with van der Waals surface area (Å²) in [5.41, 5.74) is -0.0522. The van der Waals surface area contributed by atoms with E-state index in [0.29, 0.717) is 6.54 Å². The van der Waals surface area contributed by atoms with Gasteiger partial charge in [0.05, 0.1) is 11.7 Å². The predicted octanol–water partition coefficient (Wildman–Crippen LogP) is 2.84. The lowest BCUT2D eigenvalue weighted by atomic mass is 9.82. The zero-order chi connectivity index (χ0) is 15.4. The molecule has 114 valence electrons. The Kier molecular flexibility index (Phi) is 5.75. The van der Waals surface area contributed by atoms with E-state index in [0.717, 1.165) is 18.7 Å². The molecule has 1 rings (SSSR count). The van der Waals surface area contributed by atoms with Crippen molar-refractivity contribution in [3.63, 3.8) is 0 Å². The molecule has 0 heterocycles. The zero-order valence-corrected chi connectivity index (χ0v) is 13.4. The third kappa shape index (κ3) is 5.23. The molecule has 0 saturated heterocycles. The van der Waals surface area contributed by atoms with Gasteiger partial charge in [0.2, 0.25) is 0 Å². The Morgan fingerprint density at radius 2 is 1.60 bits per heavy atom. The molecule has 1 aromatic rings. The number of aliphatic hydroxyl groups excluding tert-OH is 1. The van der Waals surface area contributed by atoms with Crippen molar-refractivity contribution >= 4 is 0 Å². The second kappa shape index (κ2) is 6.70. The zero-order valence-electron chi connectivity index (χ0n) is 13.4. The molecular weight excluding hydrogens is 250 g/mol. The molecule has 0 aliphatic heterocycles. The van der Waals surface area contributed by atoms with Crippen LogP contribution >= 0.6 is 0 Å². The number of benzene rings is 1. The summed E-state index contributed by atoms with van der Waals surface area (Å²) in [6.45, 7) is 12.0. The van der Waals surface area contributed by atoms with Crippen LogP contribution in [-0.4, -0.2) is 40.3 Å². The summed E-state index contributed by atoms with van der Waals surface area (Å²) in [4.78, 5) is 2.19. The number of rotatable bonds is 7. The second-order valence-corrected chi connectivity index (χ2v) is 6.92. The summed E-state index contributed by atoms with van der Waals surface area (Å²) in [5.74, 6) is 0. The van der Waals surface area contributed by atoms with Gasteiger partial charge < -0.3 is 15.1 Å². The van der Waals surface area contributed by atoms with Gasteiger partial charge in [0.15, 0.2) is 0 Å². The fourth-order valence-electron chi connectivity index (χ4n) is 2.58. The van der Waals surface area contributed by atoms with Gasteiger partial charge in [-0.1, -0.05) is 51.1 Å². The first-order valence-electron chi connectivity index (χ1n) is 7.33. The first-order valence-corrected chi connectivity index (χ1v) is 7.33. The third-order valence-corrected chi connectivity index (χ3v) is 3.54. The number of likely N-dealkylation sites (N-methyl/N-ethyl adjacent to an activating group) is 1. The van der Waals surface area contributed by atoms with Crippen LogP contribution < -0.4 is 0 Å². The Morgan fingerprint density at radius 3 is 2.05 bits per heavy atom. The van der Waals surface area contributed by atoms with Gasteiger partial charge in [0, 0.05) is 18.5 Å². The van der Waals surface area contributed by atoms with Crippen molar-refractivity contribution in [2.45, 2.75) is 46.3 Å². The Morgan fingerprint density at radius 1 is 1.05 bits per heavy atom. The minimum atomic E-state index is -0.718. The summed E-state index contributed by atoms with van der Waals surface area (Å²) in [7, 11) is 0. The van der Waals surface area contributed by atoms with Crippen LogP contribution in [0.2, 0.25) is 0 Å². The molecule has 20 heavy (non-hydrogen) atoms. The predicted molar refractivity (Wildman–Crippen MR) is 83.6 cm³/mol. The molecule has 3 heteroatoms. The average Bonchev–Trinajstić information content (AvgIpc) is 2.36. The lowest BCUT2D eigenvalue weighted by molar-refractivity contribution is -0.0104. The smallest absolute Gasteiger partial charge is 0.0853 e. The Hall–Kier alpha value is -0.900. The summed E-state index contributed by atoms with van der Waals surface area (Å²) >= 11 is 0. The van der Waals surface area contributed by atoms with Crippen LogP contribution in [0.1, 0.15) is 46.3 Å². The van der Waals surface area contributed by atoms with Crippen molar-refractivity contribution in [3.05, 3.63) is 35.9 Å². The average molecular weight is 279 g/mol. The Labute approximate surface area is 123 Å². The maximum Gasteiger partial charge on any atom is 0.0853 e. The highest BCUT2D eigenvalue weighted by atomic mass is 16.3. The molecule has 0 spiro atoms. The quantitative estimate of drug-likeness (QED) is 0.806. The monoisotopic (exact) mass is 279 g/mol. The molecule has 0 aliphatic carbocycles. The van der Waals surface area contributed by atoms with E-state index >= 15 is 0 Å². The molecule has 0 amide bonds. The number of aliphatic hydroxyl groups is 2. The third-order valence-electron chi connectivity index (χ3n) is 3.54. The number of hydrogen-bond acceptors (Lipinski definition) is 3. The molecule has 2 N–H and O–H groups in total. The van der Waals surface area contributed by atoms with Gasteiger partial charge in [-0.25, -0.2) is 0 Å². The fourth-order valence-corrected chi connectivity index (χ4v) is 2.58. The van der Waals surface area contributed by atoms with Gasteiger partial charge in [-0.3, -0.25) is 0 Å². The minimum absolute atomic E-state index is 0.275. The van der Waals surface area contributed by atoms with Crippen LogP contribution in [0.25, 0.3) is 0 Å². The number of nitrogens with zero attached hydrogens (tertiary/aromatic N) is 1. The Bertz CT molecular complexity index is 395. The lowest BCUT2D eigenvalue weighted by Gasteiger charge is -2.38. The SMILES string of the molecule is CCN(CC(C)(C)O)CC(C)(C)C(O)c1ccccc1. The summed E-state index contributed by atoms with van der Waals surface area (Å²) < 4.78 is 0. The summed E-state index contributed by atoms with van der Waals surface area (Å²) in [6, 6.07) is 9.76. The van der Waals surface area contributed by atoms with Gasteiger partial charge >= 0.3 is 0 Å². The van der Waals surface area contributed by atoms with Gasteiger partial charge in [-0.2, -0.15) is 0 Å². The Balaban J connectivity index is 2.77. The van der Waals surface area contributed by atoms with E-state index in [9.17, 15) is 10.2 Å². The normalized spacial score (nSPS) is 14.6. The lowest BCUT2D eigenvalue weighted by Crippen LogP contribution is -2.44. The van der Waals surface area contributed by atoms with Gasteiger partial charge in [-0.15, -0.1) is 0 Å². The maximum atomic E-state index is 10.6. The van der Waals surface area contributed by atoms with E-state index in [1.165, 1.54) is 0 Å². The van der Waals surface area contributed by atoms with E-state index in [1.54, 1.807) is 0 Å². The van der Waals surface area contributed by atoms with E-state index in [4.69, 9.17) is 0 Å². The molecule has 0 aliphatic rings. The molecule has 1 unspecified atom stereocenters. The van der Waals surface area contributed by atoms with Crippen molar-refractivity contribution in [2.24, 2.45) is 5.41 Å². The van der Waals surface area contributed by atoms with Gasteiger partial charge in [0.1, 0.15) is 0 Å². The molecule has 3 nitrogen and oxygen atoms in total. The van der Waals surface area contributed by atoms with Crippen molar-refractivity contribution < 1.29 is 10.2 Å². The van der Waals surface area contributed by atoms with Gasteiger partial charge in [0.25, 0.3) is 0 Å². The standard InChI is InChI=1S/C17H29NO2/c1-6-18(13-17(4,5)20)12-16(2,3)15(19)14-10-8-7-9-11-14/h7-11,15,19-20H,6,12-13H2,1-5H3. The van der Waals surface area contributed by atoms with Crippen LogP contribution in [0.3, 0.4) is 0 Å². The molecule has 1 aromatic carbocycles. The van der Waals surface area contributed by atoms with Crippen LogP contribution in [0.15, 0.2) is 30.3 Å². The molecule has 0 saturated carbocycles. The second-order valence-electron chi connectivity index (χ2n) is 6.92. The molecule has 1 atom stereocenters. The fraction of sp³-hybridized carbons (Fsp3) is 0.647. The molecule has 0 radical (unpaired) electrons. The van der Waals surface area contributed by atoms with Crippen molar-refractivity contribution in [1.82, 2.24) is 4.90 Å². The van der Waals surface area contributed by atoms with Crippen molar-refractivity contribution in [1.29, 1.82) is 0 Å². The van der Waals surface area contributed by atoms with E-state index in [-0.39, 0.29) is 5.41 Å². The van der Waals surface area contributed by atoms with Gasteiger partial charge in [-0.05, 0) is 26.0 Å². The maximum absolute atomic E-state index is 10.6. The molecule has 0 aromatic heterocycles. The van der Waals surface area contributed by atoms with Crippen LogP contribution in [-0.2, 0) is 0 Å². The van der Waals surface area contributed by atoms with Crippen LogP contribution in [0.4, 0.5) is 0 Å². The van der Waals surface area contributed by atoms with Crippen LogP contribution in [0, 0.1) is 5.41 Å². The largest absolute Gasteiger partial charge is 0.389 e. The first-order chi connectivity index (χ1) is 9.15. The summed E-state index contributed by atoms with van der Waals surface area (Å²) in [6.07, 6.45) is -0.514. The number of hydrogen-bond donors (Lipinski definition) is 2. The minimum Gasteiger partial charge on any atom is -0.389 e. The summed E-state index contributed by atoms with van der Waals surface area (Å²) in [5, 5.41) is 20.6. The highest BCUT2D eigenvalue weighted by Gasteiger charge is 2.32. The highest BCUT2D eigenvalue weighted by molar-refractivity contribution is 5.19. The van der Waals surface area contributed by atoms with E-state index in [2.05, 4.69) is 25.7 Å². The van der Waals surface area contributed by atoms with E-state index < -0.39 is 11.7 Å². The topological polar surface area (TPSA) is 43.7 Å². The first kappa shape index (κ1) is 17.2. The molecule has 0 bridgehead atoms. The molecule has 0 fully saturated rings. The highest BCUT2D eigenvalue weighted by Crippen LogP contribution is 2.34. The van der Waals surface area contributed by atoms with Crippen molar-refractivity contribution in [2.75, 3.05) is 19.6 Å². The van der Waals surface area contributed by atoms with Crippen LogP contribution in [0.5, 0.6) is 0 Å². The van der Waals surface area contributed by atoms with Crippen molar-refractivity contribution in [3.8, 4) is 0 Å². The molecular formula is C17H29NO2. The van der Waals surface area contributed by atoms with E-state index in [1.807, 2.05) is 44.2 Å².